The Morgan fingerprint density at radius 2 is 1.92 bits per heavy atom. The Hall–Kier alpha value is -2.68. The van der Waals surface area contributed by atoms with Crippen LogP contribution in [0, 0.1) is 3.57 Å². The third-order valence-electron chi connectivity index (χ3n) is 3.81. The molecule has 0 saturated heterocycles. The van der Waals surface area contributed by atoms with E-state index in [2.05, 4.69) is 32.9 Å². The molecule has 2 heterocycles. The van der Waals surface area contributed by atoms with Crippen LogP contribution >= 0.6 is 22.6 Å². The van der Waals surface area contributed by atoms with Crippen LogP contribution in [0.25, 0.3) is 22.1 Å². The lowest BCUT2D eigenvalue weighted by atomic mass is 10.2. The number of anilines is 1. The summed E-state index contributed by atoms with van der Waals surface area (Å²) in [7, 11) is 0. The lowest BCUT2D eigenvalue weighted by Gasteiger charge is -2.08. The third kappa shape index (κ3) is 2.91. The summed E-state index contributed by atoms with van der Waals surface area (Å²) in [5.74, 6) is -0.302. The molecule has 2 aromatic carbocycles. The highest BCUT2D eigenvalue weighted by molar-refractivity contribution is 14.1. The predicted molar refractivity (Wildman–Crippen MR) is 104 cm³/mol. The smallest absolute Gasteiger partial charge is 0.297 e. The molecule has 0 radical (unpaired) electrons. The SMILES string of the molecule is O=C(Cn1cnc2c(oc3ccccc32)c1=O)Nc1ccccc1I. The summed E-state index contributed by atoms with van der Waals surface area (Å²) in [6.45, 7) is -0.135. The van der Waals surface area contributed by atoms with Crippen molar-refractivity contribution in [3.8, 4) is 0 Å². The number of halogens is 1. The van der Waals surface area contributed by atoms with Crippen molar-refractivity contribution in [1.29, 1.82) is 0 Å². The zero-order valence-corrected chi connectivity index (χ0v) is 15.1. The molecule has 0 fully saturated rings. The van der Waals surface area contributed by atoms with E-state index in [-0.39, 0.29) is 23.6 Å². The summed E-state index contributed by atoms with van der Waals surface area (Å²) < 4.78 is 7.78. The summed E-state index contributed by atoms with van der Waals surface area (Å²) in [6.07, 6.45) is 1.38. The highest BCUT2D eigenvalue weighted by Crippen LogP contribution is 2.24. The molecule has 4 aromatic rings. The van der Waals surface area contributed by atoms with Crippen molar-refractivity contribution in [2.24, 2.45) is 0 Å². The minimum Gasteiger partial charge on any atom is -0.448 e. The van der Waals surface area contributed by atoms with Crippen LogP contribution in [0.1, 0.15) is 0 Å². The Bertz CT molecular complexity index is 1160. The van der Waals surface area contributed by atoms with Crippen LogP contribution in [0.4, 0.5) is 5.69 Å². The fourth-order valence-electron chi connectivity index (χ4n) is 2.63. The monoisotopic (exact) mass is 445 g/mol. The lowest BCUT2D eigenvalue weighted by molar-refractivity contribution is -0.116. The Morgan fingerprint density at radius 3 is 2.76 bits per heavy atom. The van der Waals surface area contributed by atoms with Crippen LogP contribution in [0.5, 0.6) is 0 Å². The molecule has 25 heavy (non-hydrogen) atoms. The van der Waals surface area contributed by atoms with Crippen LogP contribution < -0.4 is 10.9 Å². The van der Waals surface area contributed by atoms with Crippen molar-refractivity contribution in [2.45, 2.75) is 6.54 Å². The van der Waals surface area contributed by atoms with E-state index >= 15 is 0 Å². The number of hydrogen-bond acceptors (Lipinski definition) is 4. The summed E-state index contributed by atoms with van der Waals surface area (Å²) in [5, 5.41) is 3.58. The van der Waals surface area contributed by atoms with Crippen molar-refractivity contribution >= 4 is 56.3 Å². The van der Waals surface area contributed by atoms with Crippen LogP contribution in [0.3, 0.4) is 0 Å². The number of furan rings is 1. The summed E-state index contributed by atoms with van der Waals surface area (Å²) >= 11 is 2.14. The van der Waals surface area contributed by atoms with Crippen LogP contribution in [0.15, 0.2) is 64.1 Å². The van der Waals surface area contributed by atoms with Crippen molar-refractivity contribution in [2.75, 3.05) is 5.32 Å². The predicted octanol–water partition coefficient (Wildman–Crippen LogP) is 3.39. The molecule has 7 heteroatoms. The molecule has 0 unspecified atom stereocenters. The number of rotatable bonds is 3. The number of fused-ring (bicyclic) bond motifs is 3. The molecule has 0 aliphatic carbocycles. The van der Waals surface area contributed by atoms with Gasteiger partial charge in [0.15, 0.2) is 0 Å². The first-order valence-electron chi connectivity index (χ1n) is 7.54. The Labute approximate surface area is 155 Å². The second kappa shape index (κ2) is 6.32. The molecule has 0 spiro atoms. The van der Waals surface area contributed by atoms with E-state index < -0.39 is 0 Å². The van der Waals surface area contributed by atoms with Gasteiger partial charge in [-0.15, -0.1) is 0 Å². The first-order valence-corrected chi connectivity index (χ1v) is 8.62. The quantitative estimate of drug-likeness (QED) is 0.491. The van der Waals surface area contributed by atoms with Gasteiger partial charge in [0.05, 0.1) is 12.0 Å². The first kappa shape index (κ1) is 15.8. The van der Waals surface area contributed by atoms with Gasteiger partial charge in [0, 0.05) is 8.96 Å². The number of carbonyl (C=O) groups excluding carboxylic acids is 1. The van der Waals surface area contributed by atoms with Gasteiger partial charge >= 0.3 is 0 Å². The minimum absolute atomic E-state index is 0.135. The number of amides is 1. The standard InChI is InChI=1S/C18H12IN3O3/c19-12-6-2-3-7-13(12)21-15(23)9-22-10-20-16-11-5-1-4-8-14(11)25-17(16)18(22)24/h1-8,10H,9H2,(H,21,23). The number of carbonyl (C=O) groups is 1. The Kier molecular flexibility index (Phi) is 4.00. The molecule has 2 aromatic heterocycles. The summed E-state index contributed by atoms with van der Waals surface area (Å²) in [5.41, 5.74) is 1.60. The normalized spacial score (nSPS) is 11.1. The van der Waals surface area contributed by atoms with Gasteiger partial charge in [0.1, 0.15) is 17.6 Å². The fourth-order valence-corrected chi connectivity index (χ4v) is 3.16. The van der Waals surface area contributed by atoms with Crippen LogP contribution in [-0.2, 0) is 11.3 Å². The molecule has 0 atom stereocenters. The van der Waals surface area contributed by atoms with Gasteiger partial charge in [-0.2, -0.15) is 0 Å². The number of nitrogens with one attached hydrogen (secondary N) is 1. The fraction of sp³-hybridized carbons (Fsp3) is 0.0556. The molecule has 124 valence electrons. The maximum atomic E-state index is 12.6. The molecule has 6 nitrogen and oxygen atoms in total. The Balaban J connectivity index is 1.67. The van der Waals surface area contributed by atoms with Gasteiger partial charge in [-0.05, 0) is 46.9 Å². The van der Waals surface area contributed by atoms with Crippen molar-refractivity contribution < 1.29 is 9.21 Å². The van der Waals surface area contributed by atoms with E-state index in [0.29, 0.717) is 16.8 Å². The van der Waals surface area contributed by atoms with Crippen molar-refractivity contribution in [1.82, 2.24) is 9.55 Å². The molecule has 4 rings (SSSR count). The Morgan fingerprint density at radius 1 is 1.16 bits per heavy atom. The minimum atomic E-state index is -0.376. The number of benzene rings is 2. The van der Waals surface area contributed by atoms with Crippen molar-refractivity contribution in [3.63, 3.8) is 0 Å². The maximum Gasteiger partial charge on any atom is 0.297 e. The lowest BCUT2D eigenvalue weighted by Crippen LogP contribution is -2.27. The zero-order chi connectivity index (χ0) is 17.4. The number of aromatic nitrogens is 2. The molecule has 0 bridgehead atoms. The average molecular weight is 445 g/mol. The van der Waals surface area contributed by atoms with E-state index in [4.69, 9.17) is 4.42 Å². The number of para-hydroxylation sites is 2. The molecule has 0 aliphatic heterocycles. The summed E-state index contributed by atoms with van der Waals surface area (Å²) in [6, 6.07) is 14.8. The van der Waals surface area contributed by atoms with Crippen molar-refractivity contribution in [3.05, 3.63) is 68.8 Å². The third-order valence-corrected chi connectivity index (χ3v) is 4.75. The maximum absolute atomic E-state index is 12.6. The largest absolute Gasteiger partial charge is 0.448 e. The number of nitrogens with zero attached hydrogens (tertiary/aromatic N) is 2. The van der Waals surface area contributed by atoms with Gasteiger partial charge in [-0.1, -0.05) is 24.3 Å². The van der Waals surface area contributed by atoms with Gasteiger partial charge in [0.2, 0.25) is 11.5 Å². The molecule has 1 amide bonds. The van der Waals surface area contributed by atoms with E-state index in [1.54, 1.807) is 6.07 Å². The second-order valence-electron chi connectivity index (χ2n) is 5.48. The number of hydrogen-bond donors (Lipinski definition) is 1. The topological polar surface area (TPSA) is 77.1 Å². The molecule has 0 aliphatic rings. The van der Waals surface area contributed by atoms with Gasteiger partial charge < -0.3 is 9.73 Å². The van der Waals surface area contributed by atoms with E-state index in [9.17, 15) is 9.59 Å². The van der Waals surface area contributed by atoms with E-state index in [1.807, 2.05) is 42.5 Å². The van der Waals surface area contributed by atoms with Gasteiger partial charge in [0.25, 0.3) is 5.56 Å². The zero-order valence-electron chi connectivity index (χ0n) is 12.9. The van der Waals surface area contributed by atoms with E-state index in [0.717, 1.165) is 8.96 Å². The average Bonchev–Trinajstić information content (AvgIpc) is 2.99. The highest BCUT2D eigenvalue weighted by Gasteiger charge is 2.14. The van der Waals surface area contributed by atoms with E-state index in [1.165, 1.54) is 10.9 Å². The van der Waals surface area contributed by atoms with Crippen LogP contribution in [0.2, 0.25) is 0 Å². The molecule has 0 saturated carbocycles. The molecule has 1 N–H and O–H groups in total. The molecular formula is C18H12IN3O3. The van der Waals surface area contributed by atoms with Gasteiger partial charge in [-0.25, -0.2) is 4.98 Å². The second-order valence-corrected chi connectivity index (χ2v) is 6.64. The molecular weight excluding hydrogens is 433 g/mol. The van der Waals surface area contributed by atoms with Gasteiger partial charge in [-0.3, -0.25) is 14.2 Å². The highest BCUT2D eigenvalue weighted by atomic mass is 127. The first-order chi connectivity index (χ1) is 12.1. The van der Waals surface area contributed by atoms with Crippen LogP contribution in [-0.4, -0.2) is 15.5 Å². The summed E-state index contributed by atoms with van der Waals surface area (Å²) in [4.78, 5) is 29.2.